The molecule has 16 heteroatoms. The number of nitrogens with zero attached hydrogens (tertiary/aromatic N) is 1. The maximum Gasteiger partial charge on any atom is 0.460 e. The summed E-state index contributed by atoms with van der Waals surface area (Å²) in [5.41, 5.74) is -3.26. The highest BCUT2D eigenvalue weighted by Crippen LogP contribution is 2.53. The van der Waals surface area contributed by atoms with E-state index in [1.807, 2.05) is 0 Å². The first-order valence-electron chi connectivity index (χ1n) is 6.01. The number of carbonyl (C=O) groups is 1. The molecule has 1 amide bonds. The van der Waals surface area contributed by atoms with Crippen molar-refractivity contribution in [3.05, 3.63) is 23.0 Å². The largest absolute Gasteiger partial charge is 0.460 e. The zero-order valence-electron chi connectivity index (χ0n) is 11.9. The van der Waals surface area contributed by atoms with Crippen molar-refractivity contribution in [1.82, 2.24) is 4.98 Å². The van der Waals surface area contributed by atoms with Crippen LogP contribution in [0, 0.1) is 0 Å². The van der Waals surface area contributed by atoms with Crippen molar-refractivity contribution in [1.29, 1.82) is 0 Å². The quantitative estimate of drug-likeness (QED) is 0.517. The Hall–Kier alpha value is -1.93. The summed E-state index contributed by atoms with van der Waals surface area (Å²) in [6, 6.07) is 0.0325. The molecule has 0 bridgehead atoms. The molecule has 3 nitrogen and oxygen atoms in total. The van der Waals surface area contributed by atoms with Gasteiger partial charge in [0.05, 0.1) is 0 Å². The lowest BCUT2D eigenvalue weighted by Gasteiger charge is -2.32. The van der Waals surface area contributed by atoms with Gasteiger partial charge in [-0.15, -0.1) is 0 Å². The highest BCUT2D eigenvalue weighted by molar-refractivity contribution is 6.29. The Balaban J connectivity index is 3.28. The van der Waals surface area contributed by atoms with Gasteiger partial charge in [-0.1, -0.05) is 11.6 Å². The minimum atomic E-state index is -7.34. The number of hydrogen-bond acceptors (Lipinski definition) is 2. The van der Waals surface area contributed by atoms with E-state index in [1.54, 1.807) is 0 Å². The molecule has 0 radical (unpaired) electrons. The van der Waals surface area contributed by atoms with Gasteiger partial charge in [0.15, 0.2) is 0 Å². The summed E-state index contributed by atoms with van der Waals surface area (Å²) >= 11 is 5.11. The van der Waals surface area contributed by atoms with Crippen LogP contribution in [0.25, 0.3) is 0 Å². The Morgan fingerprint density at radius 3 is 1.74 bits per heavy atom. The third kappa shape index (κ3) is 4.16. The minimum absolute atomic E-state index is 0.195. The van der Waals surface area contributed by atoms with Crippen LogP contribution in [0.3, 0.4) is 0 Å². The van der Waals surface area contributed by atoms with Gasteiger partial charge in [-0.05, 0) is 12.1 Å². The van der Waals surface area contributed by atoms with Crippen molar-refractivity contribution >= 4 is 23.2 Å². The van der Waals surface area contributed by atoms with Gasteiger partial charge in [0, 0.05) is 5.69 Å². The minimum Gasteiger partial charge on any atom is -0.320 e. The molecule has 0 aliphatic rings. The van der Waals surface area contributed by atoms with E-state index in [0.717, 1.165) is 0 Å². The Morgan fingerprint density at radius 1 is 0.852 bits per heavy atom. The molecule has 154 valence electrons. The Morgan fingerprint density at radius 2 is 1.33 bits per heavy atom. The molecule has 1 N–H and O–H groups in total. The SMILES string of the molecule is O=C(Nc1cc(Cl)nc(C(F)(F)F)c1)C(F)(F)C(F)(F)C(F)(F)C(F)(F)F. The molecule has 1 heterocycles. The van der Waals surface area contributed by atoms with Gasteiger partial charge >= 0.3 is 36.0 Å². The summed E-state index contributed by atoms with van der Waals surface area (Å²) in [4.78, 5) is 13.8. The number of alkyl halides is 12. The van der Waals surface area contributed by atoms with Gasteiger partial charge in [0.25, 0.3) is 0 Å². The van der Waals surface area contributed by atoms with E-state index >= 15 is 0 Å². The van der Waals surface area contributed by atoms with Crippen LogP contribution in [0.15, 0.2) is 12.1 Å². The molecule has 27 heavy (non-hydrogen) atoms. The van der Waals surface area contributed by atoms with Gasteiger partial charge < -0.3 is 5.32 Å². The van der Waals surface area contributed by atoms with Crippen molar-refractivity contribution in [2.24, 2.45) is 0 Å². The second-order valence-electron chi connectivity index (χ2n) is 4.74. The van der Waals surface area contributed by atoms with Crippen LogP contribution >= 0.6 is 11.6 Å². The predicted molar refractivity (Wildman–Crippen MR) is 63.8 cm³/mol. The number of pyridine rings is 1. The highest BCUT2D eigenvalue weighted by atomic mass is 35.5. The number of carbonyl (C=O) groups excluding carboxylic acids is 1. The fraction of sp³-hybridized carbons (Fsp3) is 0.455. The molecule has 1 aromatic rings. The number of halogens is 13. The maximum absolute atomic E-state index is 13.3. The third-order valence-electron chi connectivity index (χ3n) is 2.77. The van der Waals surface area contributed by atoms with Gasteiger partial charge in [0.1, 0.15) is 10.8 Å². The molecule has 0 aliphatic heterocycles. The first-order chi connectivity index (χ1) is 11.7. The predicted octanol–water partition coefficient (Wildman–Crippen LogP) is 5.16. The van der Waals surface area contributed by atoms with Gasteiger partial charge in [0.2, 0.25) is 0 Å². The average Bonchev–Trinajstić information content (AvgIpc) is 2.43. The molecule has 1 rings (SSSR count). The molecular formula is C11H3ClF12N2O. The van der Waals surface area contributed by atoms with E-state index in [-0.39, 0.29) is 12.1 Å². The summed E-state index contributed by atoms with van der Waals surface area (Å²) in [6.45, 7) is 0. The molecule has 0 fully saturated rings. The standard InChI is InChI=1S/C11H3ClF12N2O/c12-5-2-3(1-4(26-5)8(15,16)17)25-6(27)7(13,14)9(18,19)10(20,21)11(22,23)24/h1-2H,(H,25,26,27). The van der Waals surface area contributed by atoms with Crippen molar-refractivity contribution in [2.75, 3.05) is 5.32 Å². The van der Waals surface area contributed by atoms with Gasteiger partial charge in [-0.25, -0.2) is 4.98 Å². The first-order valence-corrected chi connectivity index (χ1v) is 6.39. The maximum atomic E-state index is 13.3. The molecular weight excluding hydrogens is 440 g/mol. The van der Waals surface area contributed by atoms with Crippen LogP contribution < -0.4 is 5.32 Å². The summed E-state index contributed by atoms with van der Waals surface area (Å²) < 4.78 is 151. The highest BCUT2D eigenvalue weighted by Gasteiger charge is 2.83. The van der Waals surface area contributed by atoms with Gasteiger partial charge in [-0.3, -0.25) is 4.79 Å². The van der Waals surface area contributed by atoms with Crippen molar-refractivity contribution < 1.29 is 57.5 Å². The molecule has 0 aliphatic carbocycles. The van der Waals surface area contributed by atoms with Crippen LogP contribution in [0.2, 0.25) is 5.15 Å². The van der Waals surface area contributed by atoms with Crippen LogP contribution in [-0.4, -0.2) is 34.8 Å². The van der Waals surface area contributed by atoms with E-state index in [4.69, 9.17) is 11.6 Å². The summed E-state index contributed by atoms with van der Waals surface area (Å²) in [7, 11) is 0. The molecule has 0 aromatic carbocycles. The smallest absolute Gasteiger partial charge is 0.320 e. The van der Waals surface area contributed by atoms with E-state index in [9.17, 15) is 57.5 Å². The Labute approximate surface area is 145 Å². The van der Waals surface area contributed by atoms with Crippen LogP contribution in [-0.2, 0) is 11.0 Å². The van der Waals surface area contributed by atoms with E-state index in [0.29, 0.717) is 5.32 Å². The fourth-order valence-electron chi connectivity index (χ4n) is 1.44. The van der Waals surface area contributed by atoms with Crippen molar-refractivity contribution in [3.8, 4) is 0 Å². The van der Waals surface area contributed by atoms with E-state index < -0.39 is 52.6 Å². The zero-order chi connectivity index (χ0) is 21.6. The summed E-state index contributed by atoms with van der Waals surface area (Å²) in [5.74, 6) is -24.7. The number of hydrogen-bond donors (Lipinski definition) is 1. The fourth-order valence-corrected chi connectivity index (χ4v) is 1.65. The van der Waals surface area contributed by atoms with Crippen molar-refractivity contribution in [2.45, 2.75) is 30.1 Å². The Bertz CT molecular complexity index is 727. The van der Waals surface area contributed by atoms with Crippen LogP contribution in [0.1, 0.15) is 5.69 Å². The lowest BCUT2D eigenvalue weighted by Crippen LogP contribution is -2.64. The lowest BCUT2D eigenvalue weighted by atomic mass is 10.0. The molecule has 0 unspecified atom stereocenters. The van der Waals surface area contributed by atoms with E-state index in [1.165, 1.54) is 0 Å². The number of anilines is 1. The topological polar surface area (TPSA) is 42.0 Å². The summed E-state index contributed by atoms with van der Waals surface area (Å²) in [6.07, 6.45) is -12.4. The Kier molecular flexibility index (Phi) is 5.65. The first kappa shape index (κ1) is 23.1. The monoisotopic (exact) mass is 442 g/mol. The number of nitrogens with one attached hydrogen (secondary N) is 1. The molecule has 0 atom stereocenters. The lowest BCUT2D eigenvalue weighted by molar-refractivity contribution is -0.388. The molecule has 0 saturated heterocycles. The zero-order valence-corrected chi connectivity index (χ0v) is 12.7. The van der Waals surface area contributed by atoms with Crippen LogP contribution in [0.5, 0.6) is 0 Å². The van der Waals surface area contributed by atoms with Crippen LogP contribution in [0.4, 0.5) is 58.4 Å². The van der Waals surface area contributed by atoms with E-state index in [2.05, 4.69) is 4.98 Å². The van der Waals surface area contributed by atoms with Gasteiger partial charge in [-0.2, -0.15) is 52.7 Å². The molecule has 1 aromatic heterocycles. The number of rotatable bonds is 4. The second-order valence-corrected chi connectivity index (χ2v) is 5.12. The number of aromatic nitrogens is 1. The van der Waals surface area contributed by atoms with Crippen molar-refractivity contribution in [3.63, 3.8) is 0 Å². The molecule has 0 saturated carbocycles. The molecule has 0 spiro atoms. The third-order valence-corrected chi connectivity index (χ3v) is 2.97. The summed E-state index contributed by atoms with van der Waals surface area (Å²) in [5, 5.41) is -0.416. The number of amides is 1. The average molecular weight is 443 g/mol. The second kappa shape index (κ2) is 6.60. The normalized spacial score (nSPS) is 14.3.